The van der Waals surface area contributed by atoms with Crippen molar-refractivity contribution >= 4 is 11.7 Å². The minimum Gasteiger partial charge on any atom is -0.334 e. The van der Waals surface area contributed by atoms with Gasteiger partial charge < -0.3 is 20.5 Å². The molecule has 0 atom stereocenters. The van der Waals surface area contributed by atoms with Gasteiger partial charge in [0.1, 0.15) is 5.69 Å². The number of carbonyl (C=O) groups is 1. The van der Waals surface area contributed by atoms with E-state index in [4.69, 9.17) is 0 Å². The number of hydrogen-bond donors (Lipinski definition) is 3. The summed E-state index contributed by atoms with van der Waals surface area (Å²) in [7, 11) is 1.98. The number of amides is 2. The van der Waals surface area contributed by atoms with Gasteiger partial charge in [-0.25, -0.2) is 4.79 Å². The van der Waals surface area contributed by atoms with E-state index in [1.54, 1.807) is 0 Å². The summed E-state index contributed by atoms with van der Waals surface area (Å²) in [6.45, 7) is 1.95. The number of urea groups is 1. The van der Waals surface area contributed by atoms with Crippen LogP contribution < -0.4 is 16.2 Å². The minimum atomic E-state index is -4.60. The van der Waals surface area contributed by atoms with E-state index in [0.29, 0.717) is 12.3 Å². The number of aromatic nitrogens is 1. The zero-order valence-electron chi connectivity index (χ0n) is 12.5. The van der Waals surface area contributed by atoms with Crippen LogP contribution in [0.5, 0.6) is 0 Å². The van der Waals surface area contributed by atoms with E-state index < -0.39 is 29.0 Å². The Morgan fingerprint density at radius 2 is 2.17 bits per heavy atom. The molecule has 2 amide bonds. The molecule has 2 heterocycles. The summed E-state index contributed by atoms with van der Waals surface area (Å²) in [5, 5.41) is 4.67. The normalized spacial score (nSPS) is 15.9. The molecular weight excluding hydrogens is 313 g/mol. The van der Waals surface area contributed by atoms with Gasteiger partial charge in [0.15, 0.2) is 0 Å². The zero-order chi connectivity index (χ0) is 17.0. The van der Waals surface area contributed by atoms with Gasteiger partial charge in [-0.2, -0.15) is 13.2 Å². The first kappa shape index (κ1) is 17.1. The molecule has 0 spiro atoms. The van der Waals surface area contributed by atoms with Crippen molar-refractivity contribution in [3.8, 4) is 0 Å². The lowest BCUT2D eigenvalue weighted by molar-refractivity contribution is -0.137. The van der Waals surface area contributed by atoms with E-state index in [2.05, 4.69) is 15.5 Å². The molecule has 1 aliphatic heterocycles. The van der Waals surface area contributed by atoms with Crippen molar-refractivity contribution in [3.63, 3.8) is 0 Å². The molecule has 0 unspecified atom stereocenters. The number of aromatic amines is 1. The number of anilines is 1. The second-order valence-electron chi connectivity index (χ2n) is 5.31. The molecule has 0 bridgehead atoms. The monoisotopic (exact) mass is 330 g/mol. The first-order chi connectivity index (χ1) is 10.8. The highest BCUT2D eigenvalue weighted by molar-refractivity contribution is 5.89. The van der Waals surface area contributed by atoms with Crippen LogP contribution in [0.3, 0.4) is 0 Å². The molecule has 1 aromatic heterocycles. The summed E-state index contributed by atoms with van der Waals surface area (Å²) in [4.78, 5) is 27.3. The molecule has 3 N–H and O–H groups in total. The minimum absolute atomic E-state index is 0.288. The number of alkyl halides is 3. The fraction of sp³-hybridized carbons (Fsp3) is 0.429. The molecule has 0 saturated carbocycles. The van der Waals surface area contributed by atoms with Gasteiger partial charge in [0, 0.05) is 25.8 Å². The Morgan fingerprint density at radius 3 is 2.78 bits per heavy atom. The van der Waals surface area contributed by atoms with Crippen molar-refractivity contribution in [2.45, 2.75) is 12.6 Å². The maximum atomic E-state index is 12.6. The SMILES string of the molecule is CN1CC=C(CNC(=O)Nc2cc(C(F)(F)F)c[nH]c2=O)CC1. The Labute approximate surface area is 130 Å². The number of nitrogens with one attached hydrogen (secondary N) is 3. The molecule has 1 aliphatic rings. The molecule has 1 aromatic rings. The average Bonchev–Trinajstić information content (AvgIpc) is 2.48. The Balaban J connectivity index is 1.96. The lowest BCUT2D eigenvalue weighted by Crippen LogP contribution is -2.34. The maximum Gasteiger partial charge on any atom is 0.417 e. The van der Waals surface area contributed by atoms with Crippen molar-refractivity contribution in [2.75, 3.05) is 32.0 Å². The fourth-order valence-corrected chi connectivity index (χ4v) is 2.07. The van der Waals surface area contributed by atoms with Gasteiger partial charge in [-0.05, 0) is 19.5 Å². The number of hydrogen-bond acceptors (Lipinski definition) is 3. The van der Waals surface area contributed by atoms with Crippen molar-refractivity contribution < 1.29 is 18.0 Å². The highest BCUT2D eigenvalue weighted by Gasteiger charge is 2.31. The van der Waals surface area contributed by atoms with Crippen molar-refractivity contribution in [1.29, 1.82) is 0 Å². The summed E-state index contributed by atoms with van der Waals surface area (Å²) in [5.74, 6) is 0. The highest BCUT2D eigenvalue weighted by atomic mass is 19.4. The van der Waals surface area contributed by atoms with Gasteiger partial charge >= 0.3 is 12.2 Å². The predicted octanol–water partition coefficient (Wildman–Crippen LogP) is 1.78. The Kier molecular flexibility index (Phi) is 5.09. The van der Waals surface area contributed by atoms with E-state index >= 15 is 0 Å². The van der Waals surface area contributed by atoms with Gasteiger partial charge in [-0.1, -0.05) is 11.6 Å². The van der Waals surface area contributed by atoms with Gasteiger partial charge in [0.2, 0.25) is 0 Å². The number of nitrogens with zero attached hydrogens (tertiary/aromatic N) is 1. The van der Waals surface area contributed by atoms with Crippen LogP contribution in [0.15, 0.2) is 28.7 Å². The van der Waals surface area contributed by atoms with E-state index in [1.165, 1.54) is 0 Å². The fourth-order valence-electron chi connectivity index (χ4n) is 2.07. The molecule has 0 fully saturated rings. The molecule has 6 nitrogen and oxygen atoms in total. The Hall–Kier alpha value is -2.29. The molecule has 0 aromatic carbocycles. The third kappa shape index (κ3) is 4.85. The van der Waals surface area contributed by atoms with Crippen molar-refractivity contribution in [1.82, 2.24) is 15.2 Å². The second-order valence-corrected chi connectivity index (χ2v) is 5.31. The Bertz CT molecular complexity index is 667. The first-order valence-electron chi connectivity index (χ1n) is 6.97. The quantitative estimate of drug-likeness (QED) is 0.739. The maximum absolute atomic E-state index is 12.6. The average molecular weight is 330 g/mol. The van der Waals surface area contributed by atoms with Crippen LogP contribution in [0.4, 0.5) is 23.7 Å². The van der Waals surface area contributed by atoms with Crippen LogP contribution in [-0.2, 0) is 6.18 Å². The van der Waals surface area contributed by atoms with Gasteiger partial charge in [-0.15, -0.1) is 0 Å². The standard InChI is InChI=1S/C14H17F3N4O2/c1-21-4-2-9(3-5-21)7-19-13(23)20-11-6-10(14(15,16)17)8-18-12(11)22/h2,6,8H,3-5,7H2,1H3,(H,18,22)(H2,19,20,23). The second kappa shape index (κ2) is 6.86. The number of rotatable bonds is 3. The molecule has 0 radical (unpaired) electrons. The summed E-state index contributed by atoms with van der Waals surface area (Å²) in [5.41, 5.74) is -1.25. The molecule has 126 valence electrons. The van der Waals surface area contributed by atoms with Gasteiger partial charge in [-0.3, -0.25) is 4.79 Å². The van der Waals surface area contributed by atoms with Crippen molar-refractivity contribution in [2.24, 2.45) is 0 Å². The third-order valence-electron chi connectivity index (χ3n) is 3.46. The first-order valence-corrected chi connectivity index (χ1v) is 6.97. The van der Waals surface area contributed by atoms with Gasteiger partial charge in [0.05, 0.1) is 5.56 Å². The number of carbonyl (C=O) groups excluding carboxylic acids is 1. The largest absolute Gasteiger partial charge is 0.417 e. The molecule has 0 aliphatic carbocycles. The summed E-state index contributed by atoms with van der Waals surface area (Å²) < 4.78 is 37.8. The lowest BCUT2D eigenvalue weighted by atomic mass is 10.1. The molecule has 0 saturated heterocycles. The number of H-pyrrole nitrogens is 1. The zero-order valence-corrected chi connectivity index (χ0v) is 12.5. The van der Waals surface area contributed by atoms with Crippen LogP contribution in [0.25, 0.3) is 0 Å². The van der Waals surface area contributed by atoms with E-state index in [9.17, 15) is 22.8 Å². The summed E-state index contributed by atoms with van der Waals surface area (Å²) in [6.07, 6.45) is -1.24. The van der Waals surface area contributed by atoms with Crippen LogP contribution in [0, 0.1) is 0 Å². The van der Waals surface area contributed by atoms with E-state index in [1.807, 2.05) is 18.1 Å². The third-order valence-corrected chi connectivity index (χ3v) is 3.46. The molecule has 9 heteroatoms. The van der Waals surface area contributed by atoms with E-state index in [0.717, 1.165) is 25.1 Å². The smallest absolute Gasteiger partial charge is 0.334 e. The predicted molar refractivity (Wildman–Crippen MR) is 79.3 cm³/mol. The summed E-state index contributed by atoms with van der Waals surface area (Å²) >= 11 is 0. The van der Waals surface area contributed by atoms with Crippen molar-refractivity contribution in [3.05, 3.63) is 39.8 Å². The topological polar surface area (TPSA) is 77.2 Å². The Morgan fingerprint density at radius 1 is 1.43 bits per heavy atom. The molecular formula is C14H17F3N4O2. The number of likely N-dealkylation sites (N-methyl/N-ethyl adjacent to an activating group) is 1. The molecule has 23 heavy (non-hydrogen) atoms. The van der Waals surface area contributed by atoms with Crippen LogP contribution in [-0.4, -0.2) is 42.6 Å². The summed E-state index contributed by atoms with van der Waals surface area (Å²) in [6, 6.07) is -0.123. The van der Waals surface area contributed by atoms with Crippen LogP contribution in [0.2, 0.25) is 0 Å². The van der Waals surface area contributed by atoms with Crippen LogP contribution >= 0.6 is 0 Å². The number of pyridine rings is 1. The molecule has 2 rings (SSSR count). The number of halogens is 3. The lowest BCUT2D eigenvalue weighted by Gasteiger charge is -2.22. The van der Waals surface area contributed by atoms with Crippen LogP contribution in [0.1, 0.15) is 12.0 Å². The van der Waals surface area contributed by atoms with Gasteiger partial charge in [0.25, 0.3) is 5.56 Å². The van der Waals surface area contributed by atoms with E-state index in [-0.39, 0.29) is 6.54 Å². The highest BCUT2D eigenvalue weighted by Crippen LogP contribution is 2.29.